The van der Waals surface area contributed by atoms with Crippen LogP contribution in [0.15, 0.2) is 22.7 Å². The number of hydrogen-bond donors (Lipinski definition) is 1. The summed E-state index contributed by atoms with van der Waals surface area (Å²) >= 11 is 3.27. The van der Waals surface area contributed by atoms with Crippen molar-refractivity contribution in [1.82, 2.24) is 4.90 Å². The van der Waals surface area contributed by atoms with Gasteiger partial charge in [0.25, 0.3) is 0 Å². The van der Waals surface area contributed by atoms with E-state index in [-0.39, 0.29) is 0 Å². The van der Waals surface area contributed by atoms with Gasteiger partial charge in [0.2, 0.25) is 0 Å². The molecule has 1 aromatic rings. The second kappa shape index (κ2) is 6.12. The van der Waals surface area contributed by atoms with Crippen molar-refractivity contribution in [2.24, 2.45) is 0 Å². The van der Waals surface area contributed by atoms with E-state index in [9.17, 15) is 14.3 Å². The number of halogens is 2. The van der Waals surface area contributed by atoms with Crippen LogP contribution in [0, 0.1) is 5.82 Å². The summed E-state index contributed by atoms with van der Waals surface area (Å²) in [6.07, 6.45) is 0. The molecule has 0 saturated heterocycles. The predicted octanol–water partition coefficient (Wildman–Crippen LogP) is 3.06. The average Bonchev–Trinajstić information content (AvgIpc) is 2.29. The summed E-state index contributed by atoms with van der Waals surface area (Å²) in [4.78, 5) is 13.1. The highest BCUT2D eigenvalue weighted by Gasteiger charge is 2.27. The van der Waals surface area contributed by atoms with Gasteiger partial charge in [-0.05, 0) is 36.9 Å². The molecule has 0 aliphatic heterocycles. The number of likely N-dealkylation sites (N-methyl/N-ethyl adjacent to an activating group) is 1. The Morgan fingerprint density at radius 2 is 2.06 bits per heavy atom. The molecule has 0 aliphatic carbocycles. The van der Waals surface area contributed by atoms with Crippen molar-refractivity contribution in [3.05, 3.63) is 34.1 Å². The van der Waals surface area contributed by atoms with Gasteiger partial charge in [0.1, 0.15) is 11.9 Å². The standard InChI is InChI=1S/C12H15BrFNO2/c1-3-15(4-2)11(12(16)17)9-7-8(14)5-6-10(9)13/h5-7,11H,3-4H2,1-2H3,(H,16,17). The molecule has 0 saturated carbocycles. The predicted molar refractivity (Wildman–Crippen MR) is 67.4 cm³/mol. The third-order valence-corrected chi connectivity index (χ3v) is 3.39. The van der Waals surface area contributed by atoms with Gasteiger partial charge in [0, 0.05) is 4.47 Å². The molecule has 0 aromatic heterocycles. The van der Waals surface area contributed by atoms with E-state index in [2.05, 4.69) is 15.9 Å². The molecule has 0 heterocycles. The van der Waals surface area contributed by atoms with Gasteiger partial charge in [-0.3, -0.25) is 9.69 Å². The molecule has 0 amide bonds. The zero-order valence-electron chi connectivity index (χ0n) is 9.78. The van der Waals surface area contributed by atoms with Crippen LogP contribution in [-0.2, 0) is 4.79 Å². The Morgan fingerprint density at radius 3 is 2.53 bits per heavy atom. The Labute approximate surface area is 108 Å². The summed E-state index contributed by atoms with van der Waals surface area (Å²) in [7, 11) is 0. The Bertz CT molecular complexity index is 407. The van der Waals surface area contributed by atoms with Crippen LogP contribution >= 0.6 is 15.9 Å². The van der Waals surface area contributed by atoms with Crippen molar-refractivity contribution < 1.29 is 14.3 Å². The first-order valence-electron chi connectivity index (χ1n) is 5.43. The van der Waals surface area contributed by atoms with E-state index in [1.165, 1.54) is 18.2 Å². The zero-order chi connectivity index (χ0) is 13.0. The molecule has 1 N–H and O–H groups in total. The van der Waals surface area contributed by atoms with Crippen molar-refractivity contribution in [3.8, 4) is 0 Å². The van der Waals surface area contributed by atoms with Crippen molar-refractivity contribution in [3.63, 3.8) is 0 Å². The number of hydrogen-bond acceptors (Lipinski definition) is 2. The Balaban J connectivity index is 3.22. The lowest BCUT2D eigenvalue weighted by atomic mass is 10.1. The minimum absolute atomic E-state index is 0.429. The fraction of sp³-hybridized carbons (Fsp3) is 0.417. The molecule has 5 heteroatoms. The third kappa shape index (κ3) is 3.26. The second-order valence-corrected chi connectivity index (χ2v) is 4.48. The summed E-state index contributed by atoms with van der Waals surface area (Å²) in [6.45, 7) is 4.95. The molecule has 1 rings (SSSR count). The SMILES string of the molecule is CCN(CC)C(C(=O)O)c1cc(F)ccc1Br. The molecule has 0 fully saturated rings. The maximum atomic E-state index is 13.2. The smallest absolute Gasteiger partial charge is 0.325 e. The molecular formula is C12H15BrFNO2. The van der Waals surface area contributed by atoms with Gasteiger partial charge in [0.15, 0.2) is 0 Å². The summed E-state index contributed by atoms with van der Waals surface area (Å²) in [5.41, 5.74) is 0.446. The molecule has 0 bridgehead atoms. The monoisotopic (exact) mass is 303 g/mol. The molecule has 0 radical (unpaired) electrons. The van der Waals surface area contributed by atoms with Gasteiger partial charge in [-0.1, -0.05) is 29.8 Å². The number of nitrogens with zero attached hydrogens (tertiary/aromatic N) is 1. The van der Waals surface area contributed by atoms with E-state index in [1.54, 1.807) is 4.90 Å². The van der Waals surface area contributed by atoms with Crippen LogP contribution in [0.3, 0.4) is 0 Å². The van der Waals surface area contributed by atoms with Gasteiger partial charge in [0.05, 0.1) is 0 Å². The van der Waals surface area contributed by atoms with Crippen LogP contribution in [0.5, 0.6) is 0 Å². The number of carboxylic acids is 1. The minimum atomic E-state index is -0.972. The van der Waals surface area contributed by atoms with Crippen molar-refractivity contribution >= 4 is 21.9 Å². The number of carboxylic acid groups (broad SMARTS) is 1. The first-order chi connectivity index (χ1) is 8.01. The molecule has 0 aliphatic rings. The van der Waals surface area contributed by atoms with E-state index in [0.717, 1.165) is 0 Å². The largest absolute Gasteiger partial charge is 0.480 e. The summed E-state index contributed by atoms with van der Waals surface area (Å²) in [5, 5.41) is 9.29. The fourth-order valence-electron chi connectivity index (χ4n) is 1.80. The quantitative estimate of drug-likeness (QED) is 0.909. The molecule has 3 nitrogen and oxygen atoms in total. The first-order valence-corrected chi connectivity index (χ1v) is 6.22. The molecule has 94 valence electrons. The highest BCUT2D eigenvalue weighted by molar-refractivity contribution is 9.10. The van der Waals surface area contributed by atoms with Crippen molar-refractivity contribution in [1.29, 1.82) is 0 Å². The van der Waals surface area contributed by atoms with Gasteiger partial charge in [-0.25, -0.2) is 4.39 Å². The van der Waals surface area contributed by atoms with E-state index < -0.39 is 17.8 Å². The maximum absolute atomic E-state index is 13.2. The zero-order valence-corrected chi connectivity index (χ0v) is 11.4. The molecular weight excluding hydrogens is 289 g/mol. The second-order valence-electron chi connectivity index (χ2n) is 3.63. The molecule has 17 heavy (non-hydrogen) atoms. The van der Waals surface area contributed by atoms with Crippen LogP contribution < -0.4 is 0 Å². The third-order valence-electron chi connectivity index (χ3n) is 2.66. The van der Waals surface area contributed by atoms with E-state index >= 15 is 0 Å². The topological polar surface area (TPSA) is 40.5 Å². The fourth-order valence-corrected chi connectivity index (χ4v) is 2.26. The van der Waals surface area contributed by atoms with Gasteiger partial charge >= 0.3 is 5.97 Å². The van der Waals surface area contributed by atoms with E-state index in [1.807, 2.05) is 13.8 Å². The Morgan fingerprint density at radius 1 is 1.47 bits per heavy atom. The number of benzene rings is 1. The first kappa shape index (κ1) is 14.1. The number of rotatable bonds is 5. The molecule has 1 aromatic carbocycles. The highest BCUT2D eigenvalue weighted by Crippen LogP contribution is 2.28. The lowest BCUT2D eigenvalue weighted by Gasteiger charge is -2.27. The van der Waals surface area contributed by atoms with Crippen LogP contribution in [0.25, 0.3) is 0 Å². The Kier molecular flexibility index (Phi) is 5.08. The van der Waals surface area contributed by atoms with Crippen molar-refractivity contribution in [2.45, 2.75) is 19.9 Å². The highest BCUT2D eigenvalue weighted by atomic mass is 79.9. The maximum Gasteiger partial charge on any atom is 0.325 e. The minimum Gasteiger partial charge on any atom is -0.480 e. The number of aliphatic carboxylic acids is 1. The normalized spacial score (nSPS) is 12.8. The molecule has 0 spiro atoms. The van der Waals surface area contributed by atoms with Crippen LogP contribution in [0.4, 0.5) is 4.39 Å². The van der Waals surface area contributed by atoms with Crippen LogP contribution in [0.1, 0.15) is 25.5 Å². The lowest BCUT2D eigenvalue weighted by Crippen LogP contribution is -2.34. The summed E-state index contributed by atoms with van der Waals surface area (Å²) in [5.74, 6) is -1.40. The van der Waals surface area contributed by atoms with Crippen LogP contribution in [-0.4, -0.2) is 29.1 Å². The van der Waals surface area contributed by atoms with Gasteiger partial charge < -0.3 is 5.11 Å². The average molecular weight is 304 g/mol. The van der Waals surface area contributed by atoms with Crippen LogP contribution in [0.2, 0.25) is 0 Å². The van der Waals surface area contributed by atoms with E-state index in [0.29, 0.717) is 23.1 Å². The summed E-state index contributed by atoms with van der Waals surface area (Å²) < 4.78 is 13.8. The van der Waals surface area contributed by atoms with Crippen molar-refractivity contribution in [2.75, 3.05) is 13.1 Å². The molecule has 1 atom stereocenters. The lowest BCUT2D eigenvalue weighted by molar-refractivity contribution is -0.143. The summed E-state index contributed by atoms with van der Waals surface area (Å²) in [6, 6.07) is 3.27. The Hall–Kier alpha value is -0.940. The van der Waals surface area contributed by atoms with E-state index in [4.69, 9.17) is 0 Å². The molecule has 1 unspecified atom stereocenters. The van der Waals surface area contributed by atoms with Gasteiger partial charge in [-0.2, -0.15) is 0 Å². The number of carbonyl (C=O) groups is 1. The van der Waals surface area contributed by atoms with Gasteiger partial charge in [-0.15, -0.1) is 0 Å².